The first-order valence-corrected chi connectivity index (χ1v) is 8.84. The number of fused-ring (bicyclic) bond motifs is 1. The second-order valence-electron chi connectivity index (χ2n) is 5.28. The maximum atomic E-state index is 12.1. The lowest BCUT2D eigenvalue weighted by Crippen LogP contribution is -2.45. The Labute approximate surface area is 130 Å². The van der Waals surface area contributed by atoms with Crippen molar-refractivity contribution in [1.29, 1.82) is 0 Å². The summed E-state index contributed by atoms with van der Waals surface area (Å²) in [5.41, 5.74) is 0.781. The summed E-state index contributed by atoms with van der Waals surface area (Å²) in [6.45, 7) is 1.57. The summed E-state index contributed by atoms with van der Waals surface area (Å²) in [6.07, 6.45) is 2.37. The highest BCUT2D eigenvalue weighted by atomic mass is 79.9. The Morgan fingerprint density at radius 2 is 2.14 bits per heavy atom. The van der Waals surface area contributed by atoms with E-state index in [4.69, 9.17) is 0 Å². The Morgan fingerprint density at radius 3 is 2.62 bits per heavy atom. The molecule has 9 heteroatoms. The van der Waals surface area contributed by atoms with Gasteiger partial charge in [-0.25, -0.2) is 13.2 Å². The van der Waals surface area contributed by atoms with Crippen molar-refractivity contribution in [3.63, 3.8) is 0 Å². The Bertz CT molecular complexity index is 711. The number of rotatable bonds is 5. The number of hydrogen-bond donors (Lipinski definition) is 1. The highest BCUT2D eigenvalue weighted by molar-refractivity contribution is 9.10. The molecular weight excluding hydrogens is 364 g/mol. The van der Waals surface area contributed by atoms with Crippen LogP contribution in [0.15, 0.2) is 16.7 Å². The van der Waals surface area contributed by atoms with Crippen molar-refractivity contribution < 1.29 is 23.1 Å². The second kappa shape index (κ2) is 5.13. The lowest BCUT2D eigenvalue weighted by Gasteiger charge is -2.25. The van der Waals surface area contributed by atoms with Gasteiger partial charge in [-0.3, -0.25) is 9.36 Å². The number of carboxylic acid groups (broad SMARTS) is 1. The van der Waals surface area contributed by atoms with Crippen LogP contribution in [-0.4, -0.2) is 52.5 Å². The van der Waals surface area contributed by atoms with Crippen molar-refractivity contribution in [2.75, 3.05) is 12.8 Å². The highest BCUT2D eigenvalue weighted by Gasteiger charge is 2.44. The Kier molecular flexibility index (Phi) is 3.92. The normalized spacial score (nSPS) is 17.7. The van der Waals surface area contributed by atoms with Crippen molar-refractivity contribution in [2.45, 2.75) is 24.6 Å². The van der Waals surface area contributed by atoms with Gasteiger partial charge in [0.25, 0.3) is 0 Å². The molecule has 1 aliphatic rings. The maximum Gasteiger partial charge on any atom is 0.328 e. The molecular formula is C12H15BrN2O5S. The van der Waals surface area contributed by atoms with E-state index >= 15 is 0 Å². The van der Waals surface area contributed by atoms with E-state index in [1.54, 1.807) is 12.3 Å². The number of sulfone groups is 1. The van der Waals surface area contributed by atoms with Crippen molar-refractivity contribution >= 4 is 37.8 Å². The number of halogens is 1. The first-order chi connectivity index (χ1) is 9.56. The Morgan fingerprint density at radius 1 is 1.52 bits per heavy atom. The fraction of sp³-hybridized carbons (Fsp3) is 0.500. The molecule has 7 nitrogen and oxygen atoms in total. The van der Waals surface area contributed by atoms with Crippen molar-refractivity contribution in [3.05, 3.63) is 22.4 Å². The van der Waals surface area contributed by atoms with Gasteiger partial charge in [0.15, 0.2) is 14.6 Å². The molecule has 0 aromatic carbocycles. The van der Waals surface area contributed by atoms with Crippen LogP contribution in [-0.2, 0) is 21.2 Å². The molecule has 21 heavy (non-hydrogen) atoms. The average Bonchev–Trinajstić information content (AvgIpc) is 2.83. The zero-order chi connectivity index (χ0) is 16.0. The van der Waals surface area contributed by atoms with Crippen LogP contribution < -0.4 is 0 Å². The molecule has 1 N–H and O–H groups in total. The number of amides is 1. The van der Waals surface area contributed by atoms with Gasteiger partial charge in [0.05, 0.1) is 6.54 Å². The van der Waals surface area contributed by atoms with Gasteiger partial charge < -0.3 is 10.0 Å². The molecule has 0 radical (unpaired) electrons. The molecule has 1 aromatic heterocycles. The molecule has 0 fully saturated rings. The van der Waals surface area contributed by atoms with E-state index in [1.807, 2.05) is 0 Å². The maximum absolute atomic E-state index is 12.1. The average molecular weight is 379 g/mol. The van der Waals surface area contributed by atoms with Crippen molar-refractivity contribution in [3.8, 4) is 0 Å². The summed E-state index contributed by atoms with van der Waals surface area (Å²) >= 11 is 3.27. The van der Waals surface area contributed by atoms with E-state index < -0.39 is 20.6 Å². The zero-order valence-corrected chi connectivity index (χ0v) is 13.9. The van der Waals surface area contributed by atoms with E-state index in [-0.39, 0.29) is 19.0 Å². The summed E-state index contributed by atoms with van der Waals surface area (Å²) in [4.78, 5) is 24.8. The van der Waals surface area contributed by atoms with Crippen molar-refractivity contribution in [2.24, 2.45) is 0 Å². The number of carbonyl (C=O) groups excluding carboxylic acids is 1. The molecule has 1 unspecified atom stereocenters. The summed E-state index contributed by atoms with van der Waals surface area (Å²) in [7, 11) is -3.79. The number of aliphatic carboxylic acids is 1. The first-order valence-electron chi connectivity index (χ1n) is 6.15. The summed E-state index contributed by atoms with van der Waals surface area (Å²) in [5.74, 6) is -1.40. The molecule has 0 saturated heterocycles. The van der Waals surface area contributed by atoms with Gasteiger partial charge in [-0.1, -0.05) is 0 Å². The van der Waals surface area contributed by atoms with Crippen LogP contribution in [0.2, 0.25) is 0 Å². The number of nitrogens with zero attached hydrogens (tertiary/aromatic N) is 2. The van der Waals surface area contributed by atoms with Crippen LogP contribution in [0.25, 0.3) is 0 Å². The van der Waals surface area contributed by atoms with Gasteiger partial charge in [-0.15, -0.1) is 0 Å². The summed E-state index contributed by atoms with van der Waals surface area (Å²) in [6, 6.07) is 1.52. The molecule has 2 heterocycles. The van der Waals surface area contributed by atoms with Crippen LogP contribution in [0.5, 0.6) is 0 Å². The fourth-order valence-corrected chi connectivity index (χ4v) is 3.41. The number of aromatic nitrogens is 1. The van der Waals surface area contributed by atoms with E-state index in [0.717, 1.165) is 16.4 Å². The van der Waals surface area contributed by atoms with E-state index in [9.17, 15) is 23.1 Å². The molecule has 1 amide bonds. The monoisotopic (exact) mass is 378 g/mol. The van der Waals surface area contributed by atoms with E-state index in [0.29, 0.717) is 6.54 Å². The van der Waals surface area contributed by atoms with Gasteiger partial charge in [-0.05, 0) is 35.3 Å². The minimum Gasteiger partial charge on any atom is -0.480 e. The third-order valence-corrected chi connectivity index (χ3v) is 6.27. The van der Waals surface area contributed by atoms with Crippen LogP contribution in [0, 0.1) is 0 Å². The molecule has 1 aliphatic heterocycles. The minimum absolute atomic E-state index is 0.0635. The lowest BCUT2D eigenvalue weighted by molar-refractivity contribution is -0.139. The summed E-state index contributed by atoms with van der Waals surface area (Å²) in [5, 5.41) is 9.18. The van der Waals surface area contributed by atoms with Gasteiger partial charge >= 0.3 is 12.0 Å². The third-order valence-electron chi connectivity index (χ3n) is 3.83. The molecule has 0 spiro atoms. The third kappa shape index (κ3) is 2.71. The Balaban J connectivity index is 2.13. The van der Waals surface area contributed by atoms with Crippen LogP contribution in [0.3, 0.4) is 0 Å². The molecule has 116 valence electrons. The fourth-order valence-electron chi connectivity index (χ4n) is 2.16. The Hall–Kier alpha value is -1.35. The number of carbonyl (C=O) groups is 2. The second-order valence-corrected chi connectivity index (χ2v) is 8.64. The van der Waals surface area contributed by atoms with Crippen molar-refractivity contribution in [1.82, 2.24) is 9.47 Å². The first kappa shape index (κ1) is 16.0. The quantitative estimate of drug-likeness (QED) is 0.832. The summed E-state index contributed by atoms with van der Waals surface area (Å²) < 4.78 is 23.7. The zero-order valence-electron chi connectivity index (χ0n) is 11.5. The van der Waals surface area contributed by atoms with Gasteiger partial charge in [0, 0.05) is 29.2 Å². The van der Waals surface area contributed by atoms with Gasteiger partial charge in [0.2, 0.25) is 0 Å². The van der Waals surface area contributed by atoms with Gasteiger partial charge in [0.1, 0.15) is 0 Å². The number of hydrogen-bond acceptors (Lipinski definition) is 4. The minimum atomic E-state index is -3.79. The molecule has 2 rings (SSSR count). The smallest absolute Gasteiger partial charge is 0.328 e. The SMILES string of the molecule is CC(CCN1Cc2cc(Br)cn2C1=O)(C(=O)O)S(C)(=O)=O. The topological polar surface area (TPSA) is 96.7 Å². The highest BCUT2D eigenvalue weighted by Crippen LogP contribution is 2.26. The van der Waals surface area contributed by atoms with Crippen LogP contribution in [0.1, 0.15) is 19.0 Å². The predicted octanol–water partition coefficient (Wildman–Crippen LogP) is 1.31. The molecule has 1 atom stereocenters. The molecule has 0 saturated carbocycles. The molecule has 0 bridgehead atoms. The molecule has 0 aliphatic carbocycles. The van der Waals surface area contributed by atoms with E-state index in [1.165, 1.54) is 16.4 Å². The van der Waals surface area contributed by atoms with Gasteiger partial charge in [-0.2, -0.15) is 0 Å². The number of carboxylic acids is 1. The lowest BCUT2D eigenvalue weighted by atomic mass is 10.1. The van der Waals surface area contributed by atoms with Crippen LogP contribution >= 0.6 is 15.9 Å². The standard InChI is InChI=1S/C12H15BrN2O5S/c1-12(10(16)17,21(2,19)20)3-4-14-7-9-5-8(13)6-15(9)11(14)18/h5-6H,3-4,7H2,1-2H3,(H,16,17). The molecule has 1 aromatic rings. The largest absolute Gasteiger partial charge is 0.480 e. The van der Waals surface area contributed by atoms with E-state index in [2.05, 4.69) is 15.9 Å². The van der Waals surface area contributed by atoms with Crippen LogP contribution in [0.4, 0.5) is 4.79 Å². The predicted molar refractivity (Wildman–Crippen MR) is 78.8 cm³/mol.